The van der Waals surface area contributed by atoms with Crippen LogP contribution in [0.4, 0.5) is 5.95 Å². The van der Waals surface area contributed by atoms with Crippen LogP contribution in [0.2, 0.25) is 0 Å². The van der Waals surface area contributed by atoms with E-state index in [0.29, 0.717) is 24.9 Å². The van der Waals surface area contributed by atoms with Gasteiger partial charge >= 0.3 is 6.01 Å². The third-order valence-electron chi connectivity index (χ3n) is 2.29. The summed E-state index contributed by atoms with van der Waals surface area (Å²) in [5, 5.41) is 15.8. The van der Waals surface area contributed by atoms with E-state index in [1.807, 2.05) is 6.92 Å². The number of rotatable bonds is 8. The fourth-order valence-corrected chi connectivity index (χ4v) is 1.37. The Hall–Kier alpha value is -2.29. The van der Waals surface area contributed by atoms with Crippen LogP contribution in [0, 0.1) is 0 Å². The summed E-state index contributed by atoms with van der Waals surface area (Å²) in [6.07, 6.45) is 4.36. The van der Waals surface area contributed by atoms with Crippen LogP contribution >= 0.6 is 0 Å². The summed E-state index contributed by atoms with van der Waals surface area (Å²) in [5.41, 5.74) is 0. The molecule has 0 bridgehead atoms. The molecule has 0 saturated carbocycles. The maximum absolute atomic E-state index is 8.75. The predicted molar refractivity (Wildman–Crippen MR) is 70.7 cm³/mol. The van der Waals surface area contributed by atoms with Crippen LogP contribution in [-0.4, -0.2) is 54.6 Å². The van der Waals surface area contributed by atoms with E-state index in [9.17, 15) is 0 Å². The van der Waals surface area contributed by atoms with Gasteiger partial charge in [-0.1, -0.05) is 6.92 Å². The summed E-state index contributed by atoms with van der Waals surface area (Å²) < 4.78 is 6.81. The lowest BCUT2D eigenvalue weighted by Gasteiger charge is -2.08. The molecular formula is C11H17N7O2. The molecule has 2 rings (SSSR count). The highest BCUT2D eigenvalue weighted by Gasteiger charge is 2.09. The molecule has 0 aliphatic carbocycles. The number of aliphatic hydroxyl groups is 1. The third-order valence-corrected chi connectivity index (χ3v) is 2.29. The summed E-state index contributed by atoms with van der Waals surface area (Å²) in [6, 6.07) is 0.192. The van der Waals surface area contributed by atoms with E-state index < -0.39 is 0 Å². The van der Waals surface area contributed by atoms with Gasteiger partial charge in [0.15, 0.2) is 0 Å². The lowest BCUT2D eigenvalue weighted by atomic mass is 10.5. The molecule has 2 aromatic rings. The molecule has 108 valence electrons. The van der Waals surface area contributed by atoms with Crippen LogP contribution in [0.1, 0.15) is 19.8 Å². The number of hydrogen-bond acceptors (Lipinski definition) is 8. The van der Waals surface area contributed by atoms with Gasteiger partial charge < -0.3 is 15.2 Å². The maximum atomic E-state index is 8.75. The van der Waals surface area contributed by atoms with Gasteiger partial charge in [-0.2, -0.15) is 24.7 Å². The minimum absolute atomic E-state index is 0.0575. The highest BCUT2D eigenvalue weighted by atomic mass is 16.5. The second-order valence-corrected chi connectivity index (χ2v) is 3.93. The molecule has 0 atom stereocenters. The Morgan fingerprint density at radius 1 is 1.35 bits per heavy atom. The molecular weight excluding hydrogens is 262 g/mol. The number of aliphatic hydroxyl groups excluding tert-OH is 1. The number of nitrogens with one attached hydrogen (secondary N) is 1. The fourth-order valence-electron chi connectivity index (χ4n) is 1.37. The van der Waals surface area contributed by atoms with E-state index in [1.54, 1.807) is 0 Å². The summed E-state index contributed by atoms with van der Waals surface area (Å²) >= 11 is 0. The summed E-state index contributed by atoms with van der Waals surface area (Å²) in [5.74, 6) is 0.751. The minimum Gasteiger partial charge on any atom is -0.463 e. The molecule has 9 heteroatoms. The first-order chi connectivity index (χ1) is 9.83. The fraction of sp³-hybridized carbons (Fsp3) is 0.545. The zero-order valence-corrected chi connectivity index (χ0v) is 11.2. The lowest BCUT2D eigenvalue weighted by Crippen LogP contribution is -2.12. The molecule has 2 N–H and O–H groups in total. The topological polar surface area (TPSA) is 111 Å². The number of aromatic nitrogens is 6. The van der Waals surface area contributed by atoms with Crippen LogP contribution in [0.3, 0.4) is 0 Å². The van der Waals surface area contributed by atoms with Crippen molar-refractivity contribution < 1.29 is 9.84 Å². The van der Waals surface area contributed by atoms with E-state index >= 15 is 0 Å². The standard InChI is InChI=1S/C11H17N7O2/c1-2-4-13-9-15-10(18-8-12-7-14-18)17-11(16-9)20-6-3-5-19/h7-8,19H,2-6H2,1H3,(H,13,15,16,17). The monoisotopic (exact) mass is 279 g/mol. The molecule has 2 heterocycles. The summed E-state index contributed by atoms with van der Waals surface area (Å²) in [6.45, 7) is 3.19. The molecule has 0 unspecified atom stereocenters. The van der Waals surface area contributed by atoms with Crippen molar-refractivity contribution in [2.45, 2.75) is 19.8 Å². The van der Waals surface area contributed by atoms with Crippen molar-refractivity contribution >= 4 is 5.95 Å². The first-order valence-corrected chi connectivity index (χ1v) is 6.42. The molecule has 0 saturated heterocycles. The predicted octanol–water partition coefficient (Wildman–Crippen LogP) is 0.0354. The van der Waals surface area contributed by atoms with Gasteiger partial charge in [-0.25, -0.2) is 4.98 Å². The molecule has 2 aromatic heterocycles. The van der Waals surface area contributed by atoms with Gasteiger partial charge in [0.2, 0.25) is 5.95 Å². The maximum Gasteiger partial charge on any atom is 0.323 e. The van der Waals surface area contributed by atoms with E-state index in [-0.39, 0.29) is 12.6 Å². The van der Waals surface area contributed by atoms with Crippen LogP contribution in [-0.2, 0) is 0 Å². The Morgan fingerprint density at radius 2 is 2.25 bits per heavy atom. The Labute approximate surface area is 116 Å². The van der Waals surface area contributed by atoms with Crippen molar-refractivity contribution in [2.24, 2.45) is 0 Å². The van der Waals surface area contributed by atoms with E-state index in [1.165, 1.54) is 17.3 Å². The molecule has 20 heavy (non-hydrogen) atoms. The Bertz CT molecular complexity index is 517. The quantitative estimate of drug-likeness (QED) is 0.651. The average molecular weight is 279 g/mol. The van der Waals surface area contributed by atoms with Gasteiger partial charge in [-0.15, -0.1) is 0 Å². The number of hydrogen-bond donors (Lipinski definition) is 2. The normalized spacial score (nSPS) is 10.5. The van der Waals surface area contributed by atoms with Crippen molar-refractivity contribution in [1.29, 1.82) is 0 Å². The van der Waals surface area contributed by atoms with Crippen molar-refractivity contribution in [3.05, 3.63) is 12.7 Å². The second-order valence-electron chi connectivity index (χ2n) is 3.93. The van der Waals surface area contributed by atoms with E-state index in [4.69, 9.17) is 9.84 Å². The molecule has 0 spiro atoms. The highest BCUT2D eigenvalue weighted by molar-refractivity contribution is 5.29. The Balaban J connectivity index is 2.19. The number of anilines is 1. The van der Waals surface area contributed by atoms with Gasteiger partial charge in [0, 0.05) is 19.6 Å². The zero-order chi connectivity index (χ0) is 14.2. The largest absolute Gasteiger partial charge is 0.463 e. The first-order valence-electron chi connectivity index (χ1n) is 6.42. The molecule has 9 nitrogen and oxygen atoms in total. The third kappa shape index (κ3) is 3.85. The Morgan fingerprint density at radius 3 is 2.95 bits per heavy atom. The molecule has 0 aliphatic rings. The van der Waals surface area contributed by atoms with Crippen molar-refractivity contribution in [3.63, 3.8) is 0 Å². The highest BCUT2D eigenvalue weighted by Crippen LogP contribution is 2.10. The number of nitrogens with zero attached hydrogens (tertiary/aromatic N) is 6. The van der Waals surface area contributed by atoms with Gasteiger partial charge in [-0.3, -0.25) is 0 Å². The minimum atomic E-state index is 0.0575. The second kappa shape index (κ2) is 7.34. The molecule has 0 fully saturated rings. The first kappa shape index (κ1) is 14.1. The molecule has 0 radical (unpaired) electrons. The van der Waals surface area contributed by atoms with Crippen molar-refractivity contribution in [2.75, 3.05) is 25.1 Å². The van der Waals surface area contributed by atoms with Crippen molar-refractivity contribution in [1.82, 2.24) is 29.7 Å². The van der Waals surface area contributed by atoms with E-state index in [2.05, 4.69) is 30.4 Å². The average Bonchev–Trinajstić information content (AvgIpc) is 2.99. The molecule has 0 aliphatic heterocycles. The molecule has 0 amide bonds. The van der Waals surface area contributed by atoms with Gasteiger partial charge in [0.1, 0.15) is 12.7 Å². The van der Waals surface area contributed by atoms with Crippen molar-refractivity contribution in [3.8, 4) is 12.0 Å². The van der Waals surface area contributed by atoms with Crippen LogP contribution < -0.4 is 10.1 Å². The zero-order valence-electron chi connectivity index (χ0n) is 11.2. The van der Waals surface area contributed by atoms with Crippen LogP contribution in [0.5, 0.6) is 6.01 Å². The summed E-state index contributed by atoms with van der Waals surface area (Å²) in [4.78, 5) is 16.4. The van der Waals surface area contributed by atoms with Crippen LogP contribution in [0.25, 0.3) is 5.95 Å². The van der Waals surface area contributed by atoms with E-state index in [0.717, 1.165) is 13.0 Å². The smallest absolute Gasteiger partial charge is 0.323 e. The van der Waals surface area contributed by atoms with Crippen LogP contribution in [0.15, 0.2) is 12.7 Å². The van der Waals surface area contributed by atoms with Gasteiger partial charge in [0.05, 0.1) is 6.61 Å². The Kier molecular flexibility index (Phi) is 5.18. The van der Waals surface area contributed by atoms with Gasteiger partial charge in [0.25, 0.3) is 5.95 Å². The number of ether oxygens (including phenoxy) is 1. The summed E-state index contributed by atoms with van der Waals surface area (Å²) in [7, 11) is 0. The van der Waals surface area contributed by atoms with Gasteiger partial charge in [-0.05, 0) is 6.42 Å². The lowest BCUT2D eigenvalue weighted by molar-refractivity contribution is 0.224. The molecule has 0 aromatic carbocycles. The SMILES string of the molecule is CCCNc1nc(OCCCO)nc(-n2cncn2)n1.